The topological polar surface area (TPSA) is 60.2 Å². The predicted molar refractivity (Wildman–Crippen MR) is 60.9 cm³/mol. The molecular weight excluding hydrogens is 198 g/mol. The summed E-state index contributed by atoms with van der Waals surface area (Å²) in [5.41, 5.74) is 5.30. The maximum atomic E-state index is 11.4. The monoisotopic (exact) mass is 219 g/mol. The molecule has 0 aromatic rings. The quantitative estimate of drug-likeness (QED) is 0.710. The van der Waals surface area contributed by atoms with Gasteiger partial charge >= 0.3 is 0 Å². The molecule has 0 aromatic carbocycles. The predicted octanol–water partition coefficient (Wildman–Crippen LogP) is 1.35. The van der Waals surface area contributed by atoms with Crippen LogP contribution >= 0.6 is 0 Å². The molecule has 84 valence electrons. The number of rotatable bonds is 5. The van der Waals surface area contributed by atoms with Crippen LogP contribution in [-0.4, -0.2) is 26.5 Å². The fourth-order valence-corrected chi connectivity index (χ4v) is 2.10. The zero-order chi connectivity index (χ0) is 11.2. The van der Waals surface area contributed by atoms with Gasteiger partial charge in [-0.3, -0.25) is 0 Å². The Morgan fingerprint density at radius 2 is 1.86 bits per heavy atom. The van der Waals surface area contributed by atoms with Crippen molar-refractivity contribution in [2.45, 2.75) is 27.2 Å². The average Bonchev–Trinajstić information content (AvgIpc) is 1.98. The van der Waals surface area contributed by atoms with E-state index in [9.17, 15) is 8.42 Å². The van der Waals surface area contributed by atoms with Gasteiger partial charge in [0.05, 0.1) is 11.5 Å². The van der Waals surface area contributed by atoms with E-state index in [0.29, 0.717) is 13.0 Å². The van der Waals surface area contributed by atoms with Gasteiger partial charge < -0.3 is 5.73 Å². The highest BCUT2D eigenvalue weighted by Gasteiger charge is 2.09. The fourth-order valence-electron chi connectivity index (χ4n) is 0.935. The minimum absolute atomic E-state index is 0.0450. The van der Waals surface area contributed by atoms with Crippen LogP contribution in [0.3, 0.4) is 0 Å². The van der Waals surface area contributed by atoms with Gasteiger partial charge in [-0.05, 0) is 18.4 Å². The van der Waals surface area contributed by atoms with Crippen LogP contribution in [-0.2, 0) is 9.84 Å². The Balaban J connectivity index is 4.06. The van der Waals surface area contributed by atoms with Crippen LogP contribution in [0.15, 0.2) is 12.2 Å². The normalized spacial score (nSPS) is 13.7. The Labute approximate surface area is 87.3 Å². The number of sulfone groups is 1. The summed E-state index contributed by atoms with van der Waals surface area (Å²) in [6.07, 6.45) is 4.20. The lowest BCUT2D eigenvalue weighted by molar-refractivity contribution is 0.543. The van der Waals surface area contributed by atoms with Crippen LogP contribution in [0.2, 0.25) is 0 Å². The fraction of sp³-hybridized carbons (Fsp3) is 0.800. The molecule has 3 nitrogen and oxygen atoms in total. The molecule has 0 fully saturated rings. The molecule has 0 spiro atoms. The average molecular weight is 219 g/mol. The third kappa shape index (κ3) is 8.26. The molecule has 0 heterocycles. The van der Waals surface area contributed by atoms with E-state index in [4.69, 9.17) is 5.73 Å². The van der Waals surface area contributed by atoms with Gasteiger partial charge in [-0.15, -0.1) is 0 Å². The highest BCUT2D eigenvalue weighted by atomic mass is 32.2. The standard InChI is InChI=1S/C10H21NO2S/c1-10(2,3)6-4-8-14(12,13)9-5-7-11/h4,6H,5,7-9,11H2,1-3H3. The Bertz CT molecular complexity index is 273. The molecule has 0 unspecified atom stereocenters. The van der Waals surface area contributed by atoms with E-state index in [2.05, 4.69) is 0 Å². The summed E-state index contributed by atoms with van der Waals surface area (Å²) in [7, 11) is -2.93. The van der Waals surface area contributed by atoms with Crippen molar-refractivity contribution in [3.63, 3.8) is 0 Å². The maximum absolute atomic E-state index is 11.4. The van der Waals surface area contributed by atoms with E-state index in [1.807, 2.05) is 26.8 Å². The Kier molecular flexibility index (Phi) is 5.37. The van der Waals surface area contributed by atoms with Crippen LogP contribution in [0, 0.1) is 5.41 Å². The molecular formula is C10H21NO2S. The van der Waals surface area contributed by atoms with Crippen molar-refractivity contribution < 1.29 is 8.42 Å². The highest BCUT2D eigenvalue weighted by Crippen LogP contribution is 2.14. The molecule has 4 heteroatoms. The van der Waals surface area contributed by atoms with E-state index < -0.39 is 9.84 Å². The molecule has 0 rings (SSSR count). The molecule has 0 atom stereocenters. The van der Waals surface area contributed by atoms with Crippen LogP contribution < -0.4 is 5.73 Å². The summed E-state index contributed by atoms with van der Waals surface area (Å²) in [6, 6.07) is 0. The van der Waals surface area contributed by atoms with Crippen LogP contribution in [0.25, 0.3) is 0 Å². The Morgan fingerprint density at radius 3 is 2.29 bits per heavy atom. The maximum Gasteiger partial charge on any atom is 0.153 e. The molecule has 0 aliphatic carbocycles. The molecule has 0 bridgehead atoms. The number of nitrogens with two attached hydrogens (primary N) is 1. The first-order chi connectivity index (χ1) is 6.27. The molecule has 0 aromatic heterocycles. The second-order valence-electron chi connectivity index (χ2n) is 4.52. The molecule has 0 saturated carbocycles. The van der Waals surface area contributed by atoms with Crippen LogP contribution in [0.4, 0.5) is 0 Å². The largest absolute Gasteiger partial charge is 0.330 e. The number of hydrogen-bond donors (Lipinski definition) is 1. The minimum Gasteiger partial charge on any atom is -0.330 e. The van der Waals surface area contributed by atoms with Gasteiger partial charge in [0.15, 0.2) is 9.84 Å². The van der Waals surface area contributed by atoms with Gasteiger partial charge in [0.1, 0.15) is 0 Å². The molecule has 2 N–H and O–H groups in total. The number of allylic oxidation sites excluding steroid dienone is 1. The van der Waals surface area contributed by atoms with Gasteiger partial charge in [-0.25, -0.2) is 8.42 Å². The smallest absolute Gasteiger partial charge is 0.153 e. The van der Waals surface area contributed by atoms with E-state index in [-0.39, 0.29) is 16.9 Å². The van der Waals surface area contributed by atoms with E-state index in [1.165, 1.54) is 0 Å². The summed E-state index contributed by atoms with van der Waals surface area (Å²) in [5, 5.41) is 0. The molecule has 0 amide bonds. The third-order valence-corrected chi connectivity index (χ3v) is 3.24. The van der Waals surface area contributed by atoms with Crippen molar-refractivity contribution in [2.75, 3.05) is 18.1 Å². The zero-order valence-electron chi connectivity index (χ0n) is 9.29. The molecule has 0 radical (unpaired) electrons. The highest BCUT2D eigenvalue weighted by molar-refractivity contribution is 7.91. The second-order valence-corrected chi connectivity index (χ2v) is 6.75. The molecule has 0 aliphatic heterocycles. The van der Waals surface area contributed by atoms with Gasteiger partial charge in [0.25, 0.3) is 0 Å². The van der Waals surface area contributed by atoms with Crippen molar-refractivity contribution in [2.24, 2.45) is 11.1 Å². The Hall–Kier alpha value is -0.350. The molecule has 0 aliphatic rings. The van der Waals surface area contributed by atoms with Gasteiger partial charge in [-0.2, -0.15) is 0 Å². The van der Waals surface area contributed by atoms with Gasteiger partial charge in [0, 0.05) is 0 Å². The van der Waals surface area contributed by atoms with E-state index >= 15 is 0 Å². The lowest BCUT2D eigenvalue weighted by atomic mass is 9.97. The van der Waals surface area contributed by atoms with Crippen LogP contribution in [0.5, 0.6) is 0 Å². The van der Waals surface area contributed by atoms with Crippen molar-refractivity contribution >= 4 is 9.84 Å². The van der Waals surface area contributed by atoms with Crippen molar-refractivity contribution in [1.29, 1.82) is 0 Å². The third-order valence-electron chi connectivity index (χ3n) is 1.63. The van der Waals surface area contributed by atoms with Crippen molar-refractivity contribution in [3.8, 4) is 0 Å². The lowest BCUT2D eigenvalue weighted by Crippen LogP contribution is -2.13. The van der Waals surface area contributed by atoms with E-state index in [1.54, 1.807) is 6.08 Å². The summed E-state index contributed by atoms with van der Waals surface area (Å²) in [6.45, 7) is 6.55. The van der Waals surface area contributed by atoms with Gasteiger partial charge in [0.2, 0.25) is 0 Å². The second kappa shape index (κ2) is 5.51. The van der Waals surface area contributed by atoms with Crippen LogP contribution in [0.1, 0.15) is 27.2 Å². The SMILES string of the molecule is CC(C)(C)C=CCS(=O)(=O)CCCN. The first-order valence-electron chi connectivity index (χ1n) is 4.85. The van der Waals surface area contributed by atoms with Gasteiger partial charge in [-0.1, -0.05) is 32.9 Å². The Morgan fingerprint density at radius 1 is 1.29 bits per heavy atom. The summed E-state index contributed by atoms with van der Waals surface area (Å²) in [4.78, 5) is 0. The van der Waals surface area contributed by atoms with Crippen molar-refractivity contribution in [3.05, 3.63) is 12.2 Å². The van der Waals surface area contributed by atoms with E-state index in [0.717, 1.165) is 0 Å². The summed E-state index contributed by atoms with van der Waals surface area (Å²) >= 11 is 0. The molecule has 14 heavy (non-hydrogen) atoms. The first kappa shape index (κ1) is 13.7. The number of hydrogen-bond acceptors (Lipinski definition) is 3. The minimum atomic E-state index is -2.93. The first-order valence-corrected chi connectivity index (χ1v) is 6.67. The summed E-state index contributed by atoms with van der Waals surface area (Å²) < 4.78 is 22.7. The van der Waals surface area contributed by atoms with Crippen molar-refractivity contribution in [1.82, 2.24) is 0 Å². The summed E-state index contributed by atoms with van der Waals surface area (Å²) in [5.74, 6) is 0.322. The zero-order valence-corrected chi connectivity index (χ0v) is 10.1. The lowest BCUT2D eigenvalue weighted by Gasteiger charge is -2.10. The molecule has 0 saturated heterocycles.